The predicted octanol–water partition coefficient (Wildman–Crippen LogP) is 4.75. The summed E-state index contributed by atoms with van der Waals surface area (Å²) in [5.74, 6) is -0.00435. The molecule has 2 heterocycles. The number of benzene rings is 1. The Morgan fingerprint density at radius 1 is 1.04 bits per heavy atom. The van der Waals surface area contributed by atoms with Crippen LogP contribution in [0, 0.1) is 6.92 Å². The molecular weight excluding hydrogens is 313 g/mol. The Morgan fingerprint density at radius 3 is 2.20 bits per heavy atom. The van der Waals surface area contributed by atoms with Crippen LogP contribution < -0.4 is 0 Å². The van der Waals surface area contributed by atoms with Crippen LogP contribution in [0.15, 0.2) is 29.4 Å². The van der Waals surface area contributed by atoms with Gasteiger partial charge in [0.25, 0.3) is 0 Å². The van der Waals surface area contributed by atoms with E-state index >= 15 is 0 Å². The van der Waals surface area contributed by atoms with Crippen LogP contribution in [0.25, 0.3) is 0 Å². The van der Waals surface area contributed by atoms with Crippen LogP contribution in [0.3, 0.4) is 0 Å². The quantitative estimate of drug-likeness (QED) is 0.724. The second kappa shape index (κ2) is 6.77. The molecule has 25 heavy (non-hydrogen) atoms. The minimum Gasteiger partial charge on any atom is -0.403 e. The molecule has 1 aromatic rings. The van der Waals surface area contributed by atoms with Gasteiger partial charge in [0.05, 0.1) is 22.7 Å². The minimum atomic E-state index is -0.353. The largest absolute Gasteiger partial charge is 0.471 e. The van der Waals surface area contributed by atoms with Crippen molar-refractivity contribution in [1.29, 1.82) is 0 Å². The van der Waals surface area contributed by atoms with Crippen LogP contribution in [-0.4, -0.2) is 30.1 Å². The first kappa shape index (κ1) is 18.5. The third-order valence-electron chi connectivity index (χ3n) is 5.76. The first-order chi connectivity index (χ1) is 11.7. The first-order valence-corrected chi connectivity index (χ1v) is 9.41. The van der Waals surface area contributed by atoms with E-state index < -0.39 is 0 Å². The fraction of sp³-hybridized carbons (Fsp3) is 0.650. The van der Waals surface area contributed by atoms with Crippen molar-refractivity contribution in [3.05, 3.63) is 35.4 Å². The van der Waals surface area contributed by atoms with Gasteiger partial charge in [-0.05, 0) is 53.0 Å². The zero-order valence-corrected chi connectivity index (χ0v) is 16.3. The Hall–Kier alpha value is -1.33. The number of nitrogens with zero attached hydrogens (tertiary/aromatic N) is 1. The minimum absolute atomic E-state index is 0.00435. The summed E-state index contributed by atoms with van der Waals surface area (Å²) in [6.45, 7) is 12.6. The van der Waals surface area contributed by atoms with Crippen molar-refractivity contribution in [1.82, 2.24) is 0 Å². The molecule has 5 heteroatoms. The highest BCUT2D eigenvalue weighted by molar-refractivity contribution is 6.55. The van der Waals surface area contributed by atoms with E-state index in [4.69, 9.17) is 14.1 Å². The van der Waals surface area contributed by atoms with Gasteiger partial charge < -0.3 is 14.1 Å². The zero-order valence-electron chi connectivity index (χ0n) is 16.3. The topological polar surface area (TPSA) is 40.0 Å². The lowest BCUT2D eigenvalue weighted by Gasteiger charge is -2.32. The van der Waals surface area contributed by atoms with E-state index in [0.29, 0.717) is 0 Å². The molecule has 0 bridgehead atoms. The maximum Gasteiger partial charge on any atom is 0.471 e. The van der Waals surface area contributed by atoms with E-state index in [1.165, 1.54) is 5.56 Å². The lowest BCUT2D eigenvalue weighted by Crippen LogP contribution is -2.41. The molecule has 1 aromatic carbocycles. The molecule has 0 aromatic heterocycles. The Kier molecular flexibility index (Phi) is 5.00. The monoisotopic (exact) mass is 343 g/mol. The first-order valence-electron chi connectivity index (χ1n) is 9.41. The molecule has 4 nitrogen and oxygen atoms in total. The van der Waals surface area contributed by atoms with Crippen molar-refractivity contribution in [2.45, 2.75) is 83.9 Å². The van der Waals surface area contributed by atoms with Crippen LogP contribution in [0.5, 0.6) is 0 Å². The molecule has 2 aliphatic rings. The van der Waals surface area contributed by atoms with Crippen LogP contribution in [-0.2, 0) is 14.1 Å². The molecule has 0 radical (unpaired) electrons. The molecule has 2 aliphatic heterocycles. The standard InChI is InChI=1S/C20H30BNO3/c1-7-8-9-16-17(21-24-19(3,4)20(5,6)25-21)18(22-23-16)15-12-10-14(2)11-13-15/h10-13,16-17H,7-9H2,1-6H3/t16-,17-/m0/s1. The zero-order chi connectivity index (χ0) is 18.2. The molecular formula is C20H30BNO3. The van der Waals surface area contributed by atoms with E-state index in [-0.39, 0.29) is 30.2 Å². The van der Waals surface area contributed by atoms with E-state index in [1.807, 2.05) is 0 Å². The van der Waals surface area contributed by atoms with E-state index in [2.05, 4.69) is 71.0 Å². The number of hydrogen-bond acceptors (Lipinski definition) is 4. The van der Waals surface area contributed by atoms with Crippen molar-refractivity contribution in [3.8, 4) is 0 Å². The summed E-state index contributed by atoms with van der Waals surface area (Å²) < 4.78 is 12.7. The number of unbranched alkanes of at least 4 members (excludes halogenated alkanes) is 1. The smallest absolute Gasteiger partial charge is 0.403 e. The number of rotatable bonds is 5. The average molecular weight is 343 g/mol. The Morgan fingerprint density at radius 2 is 1.64 bits per heavy atom. The van der Waals surface area contributed by atoms with Gasteiger partial charge in [-0.2, -0.15) is 0 Å². The maximum atomic E-state index is 6.35. The van der Waals surface area contributed by atoms with Gasteiger partial charge in [0, 0.05) is 0 Å². The Labute approximate surface area is 152 Å². The van der Waals surface area contributed by atoms with E-state index in [1.54, 1.807) is 0 Å². The summed E-state index contributed by atoms with van der Waals surface area (Å²) in [5.41, 5.74) is 2.56. The molecule has 0 amide bonds. The average Bonchev–Trinajstić information content (AvgIpc) is 3.04. The second-order valence-corrected chi connectivity index (χ2v) is 8.28. The second-order valence-electron chi connectivity index (χ2n) is 8.28. The molecule has 0 N–H and O–H groups in total. The predicted molar refractivity (Wildman–Crippen MR) is 102 cm³/mol. The Balaban J connectivity index is 1.89. The molecule has 1 fully saturated rings. The van der Waals surface area contributed by atoms with Gasteiger partial charge in [-0.25, -0.2) is 0 Å². The SMILES string of the molecule is CCCC[C@@H]1ON=C(c2ccc(C)cc2)[C@H]1B1OC(C)(C)C(C)(C)O1. The third kappa shape index (κ3) is 3.49. The normalized spacial score (nSPS) is 27.3. The van der Waals surface area contributed by atoms with Gasteiger partial charge in [-0.1, -0.05) is 48.3 Å². The van der Waals surface area contributed by atoms with Gasteiger partial charge in [0.1, 0.15) is 6.10 Å². The molecule has 3 rings (SSSR count). The fourth-order valence-corrected chi connectivity index (χ4v) is 3.37. The summed E-state index contributed by atoms with van der Waals surface area (Å²) in [6.07, 6.45) is 3.21. The number of aryl methyl sites for hydroxylation is 1. The number of hydrogen-bond donors (Lipinski definition) is 0. The molecule has 1 saturated heterocycles. The van der Waals surface area contributed by atoms with Gasteiger partial charge in [-0.15, -0.1) is 0 Å². The highest BCUT2D eigenvalue weighted by Crippen LogP contribution is 2.44. The third-order valence-corrected chi connectivity index (χ3v) is 5.76. The molecule has 136 valence electrons. The van der Waals surface area contributed by atoms with E-state index in [9.17, 15) is 0 Å². The highest BCUT2D eigenvalue weighted by atomic mass is 16.7. The molecule has 0 unspecified atom stereocenters. The summed E-state index contributed by atoms with van der Waals surface area (Å²) in [6, 6.07) is 8.44. The lowest BCUT2D eigenvalue weighted by molar-refractivity contribution is 0.00578. The van der Waals surface area contributed by atoms with Gasteiger partial charge in [-0.3, -0.25) is 0 Å². The lowest BCUT2D eigenvalue weighted by atomic mass is 9.64. The molecule has 0 aliphatic carbocycles. The number of oxime groups is 1. The Bertz CT molecular complexity index is 623. The fourth-order valence-electron chi connectivity index (χ4n) is 3.37. The van der Waals surface area contributed by atoms with Crippen LogP contribution in [0.2, 0.25) is 5.82 Å². The van der Waals surface area contributed by atoms with Gasteiger partial charge >= 0.3 is 7.12 Å². The van der Waals surface area contributed by atoms with Crippen LogP contribution >= 0.6 is 0 Å². The van der Waals surface area contributed by atoms with Crippen molar-refractivity contribution in [2.75, 3.05) is 0 Å². The van der Waals surface area contributed by atoms with Crippen LogP contribution in [0.1, 0.15) is 65.0 Å². The molecule has 0 spiro atoms. The van der Waals surface area contributed by atoms with Crippen molar-refractivity contribution in [2.24, 2.45) is 5.16 Å². The summed E-state index contributed by atoms with van der Waals surface area (Å²) in [7, 11) is -0.339. The highest BCUT2D eigenvalue weighted by Gasteiger charge is 2.58. The summed E-state index contributed by atoms with van der Waals surface area (Å²) in [4.78, 5) is 5.84. The maximum absolute atomic E-state index is 6.35. The summed E-state index contributed by atoms with van der Waals surface area (Å²) in [5, 5.41) is 4.45. The summed E-state index contributed by atoms with van der Waals surface area (Å²) >= 11 is 0. The van der Waals surface area contributed by atoms with Gasteiger partial charge in [0.15, 0.2) is 0 Å². The molecule has 2 atom stereocenters. The van der Waals surface area contributed by atoms with Gasteiger partial charge in [0.2, 0.25) is 0 Å². The van der Waals surface area contributed by atoms with Crippen molar-refractivity contribution in [3.63, 3.8) is 0 Å². The van der Waals surface area contributed by atoms with Crippen molar-refractivity contribution >= 4 is 12.8 Å². The molecule has 0 saturated carbocycles. The van der Waals surface area contributed by atoms with Crippen molar-refractivity contribution < 1.29 is 14.1 Å². The van der Waals surface area contributed by atoms with E-state index in [0.717, 1.165) is 30.5 Å². The van der Waals surface area contributed by atoms with Crippen LogP contribution in [0.4, 0.5) is 0 Å².